The molecule has 2 aliphatic rings. The van der Waals surface area contributed by atoms with E-state index in [1.807, 2.05) is 25.1 Å². The molecule has 0 aliphatic carbocycles. The predicted molar refractivity (Wildman–Crippen MR) is 107 cm³/mol. The van der Waals surface area contributed by atoms with Crippen LogP contribution in [0.15, 0.2) is 47.3 Å². The van der Waals surface area contributed by atoms with Crippen LogP contribution in [0.4, 0.5) is 4.39 Å². The molecule has 5 nitrogen and oxygen atoms in total. The van der Waals surface area contributed by atoms with Gasteiger partial charge in [0.05, 0.1) is 24.5 Å². The Kier molecular flexibility index (Phi) is 6.01. The third-order valence-corrected chi connectivity index (χ3v) is 6.33. The van der Waals surface area contributed by atoms with Gasteiger partial charge in [-0.05, 0) is 50.1 Å². The van der Waals surface area contributed by atoms with E-state index in [1.165, 1.54) is 12.1 Å². The molecule has 1 aromatic carbocycles. The van der Waals surface area contributed by atoms with Gasteiger partial charge in [-0.25, -0.2) is 4.39 Å². The van der Waals surface area contributed by atoms with Crippen molar-refractivity contribution in [2.75, 3.05) is 32.8 Å². The Morgan fingerprint density at radius 2 is 1.93 bits per heavy atom. The number of nitrogens with zero attached hydrogens (tertiary/aromatic N) is 2. The predicted octanol–water partition coefficient (Wildman–Crippen LogP) is 3.70. The highest BCUT2D eigenvalue weighted by Gasteiger charge is 2.53. The van der Waals surface area contributed by atoms with Crippen molar-refractivity contribution in [2.24, 2.45) is 11.3 Å². The number of hydrogen-bond donors (Lipinski definition) is 0. The van der Waals surface area contributed by atoms with Crippen LogP contribution in [0.2, 0.25) is 0 Å². The maximum Gasteiger partial charge on any atom is 0.313 e. The van der Waals surface area contributed by atoms with Gasteiger partial charge in [0, 0.05) is 44.2 Å². The lowest BCUT2D eigenvalue weighted by molar-refractivity contribution is -0.157. The fraction of sp³-hybridized carbons (Fsp3) is 0.522. The lowest BCUT2D eigenvalue weighted by atomic mass is 9.75. The Morgan fingerprint density at radius 3 is 2.66 bits per heavy atom. The molecule has 29 heavy (non-hydrogen) atoms. The van der Waals surface area contributed by atoms with Crippen molar-refractivity contribution in [1.82, 2.24) is 9.80 Å². The second kappa shape index (κ2) is 8.67. The van der Waals surface area contributed by atoms with Gasteiger partial charge in [0.1, 0.15) is 5.82 Å². The maximum atomic E-state index is 13.2. The number of carbonyl (C=O) groups excluding carboxylic acids is 1. The van der Waals surface area contributed by atoms with Crippen LogP contribution in [0.1, 0.15) is 30.9 Å². The van der Waals surface area contributed by atoms with E-state index in [9.17, 15) is 9.18 Å². The molecule has 2 saturated heterocycles. The molecule has 0 unspecified atom stereocenters. The van der Waals surface area contributed by atoms with Gasteiger partial charge in [0.2, 0.25) is 0 Å². The Bertz CT molecular complexity index is 808. The van der Waals surface area contributed by atoms with E-state index in [2.05, 4.69) is 9.80 Å². The Morgan fingerprint density at radius 1 is 1.17 bits per heavy atom. The standard InChI is InChI=1S/C23H29FN2O3/c1-2-29-22(27)23-9-3-10-25(12-18-4-6-21(24)7-5-18)14-20(23)15-26(17-23)13-19-8-11-28-16-19/h4-8,11,16,20H,2-3,9-10,12-15,17H2,1H3/t20-,23-/m0/s1. The van der Waals surface area contributed by atoms with Crippen molar-refractivity contribution < 1.29 is 18.3 Å². The summed E-state index contributed by atoms with van der Waals surface area (Å²) < 4.78 is 24.0. The Hall–Kier alpha value is -2.18. The third-order valence-electron chi connectivity index (χ3n) is 6.33. The quantitative estimate of drug-likeness (QED) is 0.692. The van der Waals surface area contributed by atoms with E-state index >= 15 is 0 Å². The van der Waals surface area contributed by atoms with Gasteiger partial charge in [0.25, 0.3) is 0 Å². The maximum absolute atomic E-state index is 13.2. The van der Waals surface area contributed by atoms with Crippen LogP contribution in [0.25, 0.3) is 0 Å². The molecule has 6 heteroatoms. The van der Waals surface area contributed by atoms with E-state index in [1.54, 1.807) is 12.5 Å². The van der Waals surface area contributed by atoms with E-state index < -0.39 is 5.41 Å². The first kappa shape index (κ1) is 20.1. The number of likely N-dealkylation sites (tertiary alicyclic amines) is 2. The second-order valence-electron chi connectivity index (χ2n) is 8.34. The summed E-state index contributed by atoms with van der Waals surface area (Å²) in [5.74, 6) is -0.0450. The monoisotopic (exact) mass is 400 g/mol. The molecule has 0 spiro atoms. The molecule has 2 aliphatic heterocycles. The highest BCUT2D eigenvalue weighted by atomic mass is 19.1. The molecule has 2 aromatic rings. The van der Waals surface area contributed by atoms with E-state index in [4.69, 9.17) is 9.15 Å². The molecule has 0 saturated carbocycles. The molecule has 0 radical (unpaired) electrons. The number of ether oxygens (including phenoxy) is 1. The second-order valence-corrected chi connectivity index (χ2v) is 8.34. The first-order valence-electron chi connectivity index (χ1n) is 10.5. The van der Waals surface area contributed by atoms with Gasteiger partial charge < -0.3 is 9.15 Å². The van der Waals surface area contributed by atoms with Crippen molar-refractivity contribution in [3.63, 3.8) is 0 Å². The number of fused-ring (bicyclic) bond motifs is 1. The van der Waals surface area contributed by atoms with E-state index in [0.29, 0.717) is 6.61 Å². The largest absolute Gasteiger partial charge is 0.472 e. The average Bonchev–Trinajstić information content (AvgIpc) is 3.29. The number of carbonyl (C=O) groups is 1. The summed E-state index contributed by atoms with van der Waals surface area (Å²) in [6.07, 6.45) is 5.26. The minimum absolute atomic E-state index is 0.0525. The molecule has 1 aromatic heterocycles. The molecular formula is C23H29FN2O3. The van der Waals surface area contributed by atoms with Crippen molar-refractivity contribution in [3.05, 3.63) is 59.8 Å². The van der Waals surface area contributed by atoms with Crippen molar-refractivity contribution in [2.45, 2.75) is 32.9 Å². The molecule has 4 rings (SSSR count). The normalized spacial score (nSPS) is 25.5. The summed E-state index contributed by atoms with van der Waals surface area (Å²) in [6, 6.07) is 8.69. The molecule has 2 fully saturated rings. The first-order valence-corrected chi connectivity index (χ1v) is 10.5. The Balaban J connectivity index is 1.51. The zero-order valence-electron chi connectivity index (χ0n) is 17.0. The van der Waals surface area contributed by atoms with Crippen LogP contribution in [0.5, 0.6) is 0 Å². The summed E-state index contributed by atoms with van der Waals surface area (Å²) in [4.78, 5) is 17.8. The van der Waals surface area contributed by atoms with Gasteiger partial charge in [-0.1, -0.05) is 12.1 Å². The van der Waals surface area contributed by atoms with Crippen molar-refractivity contribution in [3.8, 4) is 0 Å². The minimum atomic E-state index is -0.447. The fourth-order valence-electron chi connectivity index (χ4n) is 4.98. The molecule has 0 N–H and O–H groups in total. The molecule has 0 bridgehead atoms. The van der Waals surface area contributed by atoms with Gasteiger partial charge in [0.15, 0.2) is 0 Å². The Labute approximate surface area is 171 Å². The summed E-state index contributed by atoms with van der Waals surface area (Å²) in [6.45, 7) is 7.22. The average molecular weight is 400 g/mol. The number of rotatable bonds is 6. The van der Waals surface area contributed by atoms with Gasteiger partial charge in [-0.15, -0.1) is 0 Å². The van der Waals surface area contributed by atoms with E-state index in [-0.39, 0.29) is 17.7 Å². The summed E-state index contributed by atoms with van der Waals surface area (Å²) in [7, 11) is 0. The number of furan rings is 1. The van der Waals surface area contributed by atoms with Crippen LogP contribution in [-0.2, 0) is 22.6 Å². The number of hydrogen-bond acceptors (Lipinski definition) is 5. The zero-order chi connectivity index (χ0) is 20.3. The van der Waals surface area contributed by atoms with Crippen LogP contribution < -0.4 is 0 Å². The van der Waals surface area contributed by atoms with Crippen molar-refractivity contribution in [1.29, 1.82) is 0 Å². The summed E-state index contributed by atoms with van der Waals surface area (Å²) in [5, 5.41) is 0. The molecule has 3 heterocycles. The molecule has 2 atom stereocenters. The van der Waals surface area contributed by atoms with Crippen LogP contribution in [-0.4, -0.2) is 48.6 Å². The summed E-state index contributed by atoms with van der Waals surface area (Å²) >= 11 is 0. The minimum Gasteiger partial charge on any atom is -0.472 e. The number of benzene rings is 1. The highest BCUT2D eigenvalue weighted by molar-refractivity contribution is 5.78. The van der Waals surface area contributed by atoms with Gasteiger partial charge in [-0.3, -0.25) is 14.6 Å². The van der Waals surface area contributed by atoms with Crippen molar-refractivity contribution >= 4 is 5.97 Å². The lowest BCUT2D eigenvalue weighted by Crippen LogP contribution is -2.42. The first-order chi connectivity index (χ1) is 14.1. The fourth-order valence-corrected chi connectivity index (χ4v) is 4.98. The number of halogens is 1. The van der Waals surface area contributed by atoms with Gasteiger partial charge >= 0.3 is 5.97 Å². The van der Waals surface area contributed by atoms with Crippen LogP contribution in [0, 0.1) is 17.2 Å². The molecule has 0 amide bonds. The smallest absolute Gasteiger partial charge is 0.313 e. The zero-order valence-corrected chi connectivity index (χ0v) is 17.0. The van der Waals surface area contributed by atoms with Crippen LogP contribution in [0.3, 0.4) is 0 Å². The highest BCUT2D eigenvalue weighted by Crippen LogP contribution is 2.44. The SMILES string of the molecule is CCOC(=O)[C@]12CCCN(Cc3ccc(F)cc3)C[C@H]1CN(Cc1ccoc1)C2. The molecular weight excluding hydrogens is 371 g/mol. The summed E-state index contributed by atoms with van der Waals surface area (Å²) in [5.41, 5.74) is 1.78. The number of esters is 1. The van der Waals surface area contributed by atoms with Gasteiger partial charge in [-0.2, -0.15) is 0 Å². The van der Waals surface area contributed by atoms with Crippen LogP contribution >= 0.6 is 0 Å². The molecule has 156 valence electrons. The topological polar surface area (TPSA) is 45.9 Å². The third kappa shape index (κ3) is 4.38. The van der Waals surface area contributed by atoms with E-state index in [0.717, 1.165) is 63.2 Å². The lowest BCUT2D eigenvalue weighted by Gasteiger charge is -2.31.